The molecule has 1 aliphatic rings. The van der Waals surface area contributed by atoms with Crippen LogP contribution in [0.2, 0.25) is 0 Å². The van der Waals surface area contributed by atoms with Gasteiger partial charge in [0.25, 0.3) is 0 Å². The maximum atomic E-state index is 13.3. The van der Waals surface area contributed by atoms with E-state index in [9.17, 15) is 8.78 Å². The van der Waals surface area contributed by atoms with Gasteiger partial charge in [-0.05, 0) is 43.2 Å². The quantitative estimate of drug-likeness (QED) is 0.890. The van der Waals surface area contributed by atoms with Crippen molar-refractivity contribution in [3.63, 3.8) is 0 Å². The van der Waals surface area contributed by atoms with Gasteiger partial charge in [-0.3, -0.25) is 0 Å². The van der Waals surface area contributed by atoms with Crippen molar-refractivity contribution in [1.29, 1.82) is 0 Å². The molecule has 1 saturated carbocycles. The Morgan fingerprint density at radius 3 is 2.60 bits per heavy atom. The molecule has 0 heterocycles. The third kappa shape index (κ3) is 3.33. The molecule has 0 spiro atoms. The molecule has 2 aromatic rings. The van der Waals surface area contributed by atoms with Gasteiger partial charge in [-0.2, -0.15) is 0 Å². The highest BCUT2D eigenvalue weighted by Crippen LogP contribution is 2.27. The first kappa shape index (κ1) is 13.1. The van der Waals surface area contributed by atoms with Crippen LogP contribution in [-0.2, 0) is 6.54 Å². The summed E-state index contributed by atoms with van der Waals surface area (Å²) in [6, 6.07) is 10.8. The molecule has 2 nitrogen and oxygen atoms in total. The molecule has 3 rings (SSSR count). The Labute approximate surface area is 116 Å². The second-order valence-electron chi connectivity index (χ2n) is 4.97. The lowest BCUT2D eigenvalue weighted by atomic mass is 10.2. The van der Waals surface area contributed by atoms with E-state index in [1.165, 1.54) is 24.3 Å². The van der Waals surface area contributed by atoms with Crippen LogP contribution in [0, 0.1) is 11.6 Å². The van der Waals surface area contributed by atoms with Gasteiger partial charge in [0.15, 0.2) is 0 Å². The van der Waals surface area contributed by atoms with Gasteiger partial charge in [-0.15, -0.1) is 0 Å². The molecule has 4 heteroatoms. The third-order valence-electron chi connectivity index (χ3n) is 3.20. The smallest absolute Gasteiger partial charge is 0.132 e. The highest BCUT2D eigenvalue weighted by atomic mass is 19.1. The van der Waals surface area contributed by atoms with Gasteiger partial charge >= 0.3 is 0 Å². The largest absolute Gasteiger partial charge is 0.457 e. The van der Waals surface area contributed by atoms with E-state index in [0.717, 1.165) is 18.4 Å². The third-order valence-corrected chi connectivity index (χ3v) is 3.20. The minimum atomic E-state index is -0.359. The molecule has 0 atom stereocenters. The summed E-state index contributed by atoms with van der Waals surface area (Å²) in [6.07, 6.45) is 2.32. The molecule has 0 amide bonds. The molecular weight excluding hydrogens is 260 g/mol. The van der Waals surface area contributed by atoms with Gasteiger partial charge in [-0.25, -0.2) is 8.78 Å². The van der Waals surface area contributed by atoms with E-state index in [2.05, 4.69) is 5.32 Å². The fraction of sp³-hybridized carbons (Fsp3) is 0.250. The molecule has 1 N–H and O–H groups in total. The first-order valence-corrected chi connectivity index (χ1v) is 6.66. The number of hydrogen-bond donors (Lipinski definition) is 1. The summed E-state index contributed by atoms with van der Waals surface area (Å²) in [5, 5.41) is 3.32. The monoisotopic (exact) mass is 275 g/mol. The number of halogens is 2. The first-order valence-electron chi connectivity index (χ1n) is 6.66. The Balaban J connectivity index is 1.79. The van der Waals surface area contributed by atoms with Crippen LogP contribution < -0.4 is 10.1 Å². The van der Waals surface area contributed by atoms with Crippen LogP contribution in [0.25, 0.3) is 0 Å². The molecule has 0 aromatic heterocycles. The highest BCUT2D eigenvalue weighted by Gasteiger charge is 2.20. The molecule has 1 aliphatic carbocycles. The lowest BCUT2D eigenvalue weighted by molar-refractivity contribution is 0.465. The molecule has 0 unspecified atom stereocenters. The molecule has 2 aromatic carbocycles. The molecule has 0 aliphatic heterocycles. The molecule has 20 heavy (non-hydrogen) atoms. The van der Waals surface area contributed by atoms with E-state index in [4.69, 9.17) is 4.74 Å². The average Bonchev–Trinajstić information content (AvgIpc) is 3.23. The summed E-state index contributed by atoms with van der Waals surface area (Å²) in [5.41, 5.74) is 0.737. The van der Waals surface area contributed by atoms with Gasteiger partial charge in [0, 0.05) is 24.2 Å². The summed E-state index contributed by atoms with van der Waals surface area (Å²) in [7, 11) is 0. The number of benzene rings is 2. The lowest BCUT2D eigenvalue weighted by Gasteiger charge is -2.12. The van der Waals surface area contributed by atoms with Crippen molar-refractivity contribution < 1.29 is 13.5 Å². The molecule has 0 radical (unpaired) electrons. The van der Waals surface area contributed by atoms with Crippen LogP contribution in [0.4, 0.5) is 8.78 Å². The van der Waals surface area contributed by atoms with E-state index in [1.54, 1.807) is 18.2 Å². The van der Waals surface area contributed by atoms with Crippen LogP contribution in [0.15, 0.2) is 42.5 Å². The molecule has 1 fully saturated rings. The maximum Gasteiger partial charge on any atom is 0.132 e. The van der Waals surface area contributed by atoms with Gasteiger partial charge < -0.3 is 10.1 Å². The normalized spacial score (nSPS) is 14.3. The van der Waals surface area contributed by atoms with Crippen LogP contribution in [0.1, 0.15) is 18.4 Å². The Morgan fingerprint density at radius 1 is 1.05 bits per heavy atom. The van der Waals surface area contributed by atoms with E-state index >= 15 is 0 Å². The van der Waals surface area contributed by atoms with Crippen LogP contribution in [0.5, 0.6) is 11.5 Å². The molecular formula is C16H15F2NO. The first-order chi connectivity index (χ1) is 9.70. The zero-order valence-corrected chi connectivity index (χ0v) is 10.9. The maximum absolute atomic E-state index is 13.3. The molecule has 104 valence electrons. The lowest BCUT2D eigenvalue weighted by Crippen LogP contribution is -2.15. The predicted octanol–water partition coefficient (Wildman–Crippen LogP) is 4.01. The Bertz CT molecular complexity index is 611. The molecule has 0 bridgehead atoms. The van der Waals surface area contributed by atoms with Crippen molar-refractivity contribution in [2.24, 2.45) is 0 Å². The fourth-order valence-corrected chi connectivity index (χ4v) is 1.98. The van der Waals surface area contributed by atoms with Crippen molar-refractivity contribution in [3.05, 3.63) is 59.7 Å². The highest BCUT2D eigenvalue weighted by molar-refractivity contribution is 5.38. The summed E-state index contributed by atoms with van der Waals surface area (Å²) in [5.74, 6) is 0.292. The minimum Gasteiger partial charge on any atom is -0.457 e. The van der Waals surface area contributed by atoms with Gasteiger partial charge in [0.2, 0.25) is 0 Å². The topological polar surface area (TPSA) is 21.3 Å². The van der Waals surface area contributed by atoms with Crippen molar-refractivity contribution >= 4 is 0 Å². The SMILES string of the molecule is Fc1cccc(Oc2ccc(F)cc2CNC2CC2)c1. The van der Waals surface area contributed by atoms with Gasteiger partial charge in [0.1, 0.15) is 23.1 Å². The summed E-state index contributed by atoms with van der Waals surface area (Å²) >= 11 is 0. The summed E-state index contributed by atoms with van der Waals surface area (Å²) < 4.78 is 32.1. The van der Waals surface area contributed by atoms with Crippen LogP contribution in [-0.4, -0.2) is 6.04 Å². The summed E-state index contributed by atoms with van der Waals surface area (Å²) in [4.78, 5) is 0. The molecule has 0 saturated heterocycles. The van der Waals surface area contributed by atoms with Crippen molar-refractivity contribution in [2.45, 2.75) is 25.4 Å². The van der Waals surface area contributed by atoms with Gasteiger partial charge in [0.05, 0.1) is 0 Å². The summed E-state index contributed by atoms with van der Waals surface area (Å²) in [6.45, 7) is 0.549. The fourth-order valence-electron chi connectivity index (χ4n) is 1.98. The Morgan fingerprint density at radius 2 is 1.85 bits per heavy atom. The van der Waals surface area contributed by atoms with E-state index in [0.29, 0.717) is 24.1 Å². The van der Waals surface area contributed by atoms with Crippen LogP contribution >= 0.6 is 0 Å². The standard InChI is InChI=1S/C16H15F2NO/c17-12-2-1-3-15(9-12)20-16-7-4-13(18)8-11(16)10-19-14-5-6-14/h1-4,7-9,14,19H,5-6,10H2. The van der Waals surface area contributed by atoms with Gasteiger partial charge in [-0.1, -0.05) is 6.07 Å². The van der Waals surface area contributed by atoms with Crippen molar-refractivity contribution in [2.75, 3.05) is 0 Å². The van der Waals surface area contributed by atoms with Crippen molar-refractivity contribution in [3.8, 4) is 11.5 Å². The number of nitrogens with one attached hydrogen (secondary N) is 1. The number of hydrogen-bond acceptors (Lipinski definition) is 2. The number of rotatable bonds is 5. The van der Waals surface area contributed by atoms with E-state index < -0.39 is 0 Å². The van der Waals surface area contributed by atoms with E-state index in [-0.39, 0.29) is 11.6 Å². The van der Waals surface area contributed by atoms with Crippen molar-refractivity contribution in [1.82, 2.24) is 5.32 Å². The Hall–Kier alpha value is -1.94. The second kappa shape index (κ2) is 5.59. The van der Waals surface area contributed by atoms with Crippen LogP contribution in [0.3, 0.4) is 0 Å². The number of ether oxygens (including phenoxy) is 1. The Kier molecular flexibility index (Phi) is 3.65. The second-order valence-corrected chi connectivity index (χ2v) is 4.97. The predicted molar refractivity (Wildman–Crippen MR) is 72.7 cm³/mol. The average molecular weight is 275 g/mol. The van der Waals surface area contributed by atoms with E-state index in [1.807, 2.05) is 0 Å². The minimum absolute atomic E-state index is 0.302. The zero-order chi connectivity index (χ0) is 13.9. The zero-order valence-electron chi connectivity index (χ0n) is 10.9.